The molecule has 12 heavy (non-hydrogen) atoms. The maximum atomic E-state index is 11.2. The molecule has 1 atom stereocenters. The summed E-state index contributed by atoms with van der Waals surface area (Å²) < 4.78 is 0. The zero-order valence-electron chi connectivity index (χ0n) is 7.73. The smallest absolute Gasteiger partial charge is 0.220 e. The Balaban J connectivity index is 2.08. The molecule has 1 saturated heterocycles. The van der Waals surface area contributed by atoms with E-state index in [4.69, 9.17) is 0 Å². The van der Waals surface area contributed by atoms with Gasteiger partial charge in [-0.2, -0.15) is 0 Å². The van der Waals surface area contributed by atoms with Crippen LogP contribution in [0.4, 0.5) is 0 Å². The lowest BCUT2D eigenvalue weighted by Gasteiger charge is -2.10. The van der Waals surface area contributed by atoms with Crippen molar-refractivity contribution < 1.29 is 4.79 Å². The third-order valence-electron chi connectivity index (χ3n) is 2.18. The number of rotatable bonds is 4. The van der Waals surface area contributed by atoms with Gasteiger partial charge in [-0.15, -0.1) is 0 Å². The van der Waals surface area contributed by atoms with Crippen LogP contribution in [0.25, 0.3) is 0 Å². The van der Waals surface area contributed by atoms with E-state index in [1.54, 1.807) is 0 Å². The van der Waals surface area contributed by atoms with Gasteiger partial charge in [-0.05, 0) is 19.4 Å². The van der Waals surface area contributed by atoms with Crippen LogP contribution in [0.2, 0.25) is 0 Å². The van der Waals surface area contributed by atoms with E-state index in [0.717, 1.165) is 32.4 Å². The Morgan fingerprint density at radius 3 is 3.08 bits per heavy atom. The van der Waals surface area contributed by atoms with Gasteiger partial charge in [0.1, 0.15) is 0 Å². The predicted molar refractivity (Wildman–Crippen MR) is 48.9 cm³/mol. The molecule has 0 aromatic heterocycles. The summed E-state index contributed by atoms with van der Waals surface area (Å²) in [6, 6.07) is 0.384. The van der Waals surface area contributed by atoms with Crippen LogP contribution in [0.1, 0.15) is 32.6 Å². The topological polar surface area (TPSA) is 41.1 Å². The molecule has 1 amide bonds. The minimum Gasteiger partial charge on any atom is -0.352 e. The second kappa shape index (κ2) is 5.14. The Labute approximate surface area is 73.9 Å². The Hall–Kier alpha value is -0.570. The van der Waals surface area contributed by atoms with Gasteiger partial charge in [-0.3, -0.25) is 4.79 Å². The Morgan fingerprint density at radius 1 is 1.67 bits per heavy atom. The van der Waals surface area contributed by atoms with Crippen molar-refractivity contribution >= 4 is 5.91 Å². The fraction of sp³-hybridized carbons (Fsp3) is 0.889. The van der Waals surface area contributed by atoms with Gasteiger partial charge >= 0.3 is 0 Å². The number of hydrogen-bond donors (Lipinski definition) is 2. The van der Waals surface area contributed by atoms with Crippen molar-refractivity contribution in [2.24, 2.45) is 0 Å². The quantitative estimate of drug-likeness (QED) is 0.650. The molecule has 0 radical (unpaired) electrons. The van der Waals surface area contributed by atoms with Crippen LogP contribution in [0, 0.1) is 0 Å². The number of carbonyl (C=O) groups is 1. The van der Waals surface area contributed by atoms with Gasteiger partial charge in [0.25, 0.3) is 0 Å². The summed E-state index contributed by atoms with van der Waals surface area (Å²) in [5, 5.41) is 6.23. The van der Waals surface area contributed by atoms with Crippen LogP contribution in [-0.2, 0) is 4.79 Å². The second-order valence-corrected chi connectivity index (χ2v) is 3.36. The minimum absolute atomic E-state index is 0.213. The van der Waals surface area contributed by atoms with Gasteiger partial charge in [0.05, 0.1) is 0 Å². The molecule has 0 spiro atoms. The van der Waals surface area contributed by atoms with Gasteiger partial charge in [-0.1, -0.05) is 13.3 Å². The number of hydrogen-bond acceptors (Lipinski definition) is 2. The summed E-state index contributed by atoms with van der Waals surface area (Å²) in [5.74, 6) is 0.213. The Kier molecular flexibility index (Phi) is 4.08. The Morgan fingerprint density at radius 2 is 2.50 bits per heavy atom. The highest BCUT2D eigenvalue weighted by molar-refractivity contribution is 5.76. The van der Waals surface area contributed by atoms with E-state index in [-0.39, 0.29) is 5.91 Å². The molecule has 1 fully saturated rings. The lowest BCUT2D eigenvalue weighted by Crippen LogP contribution is -2.35. The first-order valence-corrected chi connectivity index (χ1v) is 4.83. The second-order valence-electron chi connectivity index (χ2n) is 3.36. The van der Waals surface area contributed by atoms with Crippen molar-refractivity contribution in [3.05, 3.63) is 0 Å². The molecule has 70 valence electrons. The molecular weight excluding hydrogens is 152 g/mol. The monoisotopic (exact) mass is 170 g/mol. The first kappa shape index (κ1) is 9.52. The van der Waals surface area contributed by atoms with E-state index in [9.17, 15) is 4.79 Å². The predicted octanol–water partition coefficient (Wildman–Crippen LogP) is 0.655. The van der Waals surface area contributed by atoms with E-state index >= 15 is 0 Å². The average molecular weight is 170 g/mol. The molecule has 0 aromatic carbocycles. The molecular formula is C9H18N2O. The first-order chi connectivity index (χ1) is 5.83. The van der Waals surface area contributed by atoms with Crippen molar-refractivity contribution in [3.8, 4) is 0 Å². The van der Waals surface area contributed by atoms with Crippen LogP contribution in [0.3, 0.4) is 0 Å². The SMILES string of the molecule is CCCCC(=O)N[C@H]1CCNC1. The van der Waals surface area contributed by atoms with Crippen molar-refractivity contribution in [2.75, 3.05) is 13.1 Å². The van der Waals surface area contributed by atoms with E-state index in [1.807, 2.05) is 0 Å². The largest absolute Gasteiger partial charge is 0.352 e. The molecule has 0 aromatic rings. The highest BCUT2D eigenvalue weighted by Gasteiger charge is 2.15. The third kappa shape index (κ3) is 3.22. The highest BCUT2D eigenvalue weighted by atomic mass is 16.1. The average Bonchev–Trinajstić information content (AvgIpc) is 2.53. The van der Waals surface area contributed by atoms with E-state index in [1.165, 1.54) is 0 Å². The molecule has 1 heterocycles. The van der Waals surface area contributed by atoms with E-state index < -0.39 is 0 Å². The van der Waals surface area contributed by atoms with Crippen molar-refractivity contribution in [3.63, 3.8) is 0 Å². The maximum Gasteiger partial charge on any atom is 0.220 e. The van der Waals surface area contributed by atoms with Crippen LogP contribution in [-0.4, -0.2) is 25.0 Å². The fourth-order valence-corrected chi connectivity index (χ4v) is 1.42. The maximum absolute atomic E-state index is 11.2. The minimum atomic E-state index is 0.213. The zero-order chi connectivity index (χ0) is 8.81. The summed E-state index contributed by atoms with van der Waals surface area (Å²) >= 11 is 0. The van der Waals surface area contributed by atoms with Crippen LogP contribution >= 0.6 is 0 Å². The summed E-state index contributed by atoms with van der Waals surface area (Å²) in [6.07, 6.45) is 3.87. The summed E-state index contributed by atoms with van der Waals surface area (Å²) in [4.78, 5) is 11.2. The van der Waals surface area contributed by atoms with Crippen LogP contribution in [0.5, 0.6) is 0 Å². The summed E-state index contributed by atoms with van der Waals surface area (Å²) in [6.45, 7) is 4.08. The van der Waals surface area contributed by atoms with Crippen molar-refractivity contribution in [2.45, 2.75) is 38.6 Å². The number of carbonyl (C=O) groups excluding carboxylic acids is 1. The van der Waals surface area contributed by atoms with Crippen molar-refractivity contribution in [1.82, 2.24) is 10.6 Å². The summed E-state index contributed by atoms with van der Waals surface area (Å²) in [7, 11) is 0. The standard InChI is InChI=1S/C9H18N2O/c1-2-3-4-9(12)11-8-5-6-10-7-8/h8,10H,2-7H2,1H3,(H,11,12)/t8-/m0/s1. The van der Waals surface area contributed by atoms with Gasteiger partial charge in [0, 0.05) is 19.0 Å². The van der Waals surface area contributed by atoms with Gasteiger partial charge in [-0.25, -0.2) is 0 Å². The van der Waals surface area contributed by atoms with Gasteiger partial charge in [0.15, 0.2) is 0 Å². The molecule has 1 aliphatic rings. The van der Waals surface area contributed by atoms with E-state index in [2.05, 4.69) is 17.6 Å². The molecule has 1 rings (SSSR count). The van der Waals surface area contributed by atoms with Crippen LogP contribution < -0.4 is 10.6 Å². The first-order valence-electron chi connectivity index (χ1n) is 4.83. The normalized spacial score (nSPS) is 22.6. The van der Waals surface area contributed by atoms with Gasteiger partial charge in [0.2, 0.25) is 5.91 Å². The lowest BCUT2D eigenvalue weighted by molar-refractivity contribution is -0.121. The molecule has 3 nitrogen and oxygen atoms in total. The van der Waals surface area contributed by atoms with Crippen LogP contribution in [0.15, 0.2) is 0 Å². The molecule has 0 aliphatic carbocycles. The molecule has 3 heteroatoms. The number of unbranched alkanes of at least 4 members (excludes halogenated alkanes) is 1. The highest BCUT2D eigenvalue weighted by Crippen LogP contribution is 1.99. The Bertz CT molecular complexity index is 141. The molecule has 0 bridgehead atoms. The van der Waals surface area contributed by atoms with Crippen molar-refractivity contribution in [1.29, 1.82) is 0 Å². The van der Waals surface area contributed by atoms with E-state index in [0.29, 0.717) is 12.5 Å². The van der Waals surface area contributed by atoms with Gasteiger partial charge < -0.3 is 10.6 Å². The fourth-order valence-electron chi connectivity index (χ4n) is 1.42. The molecule has 2 N–H and O–H groups in total. The third-order valence-corrected chi connectivity index (χ3v) is 2.18. The zero-order valence-corrected chi connectivity index (χ0v) is 7.73. The molecule has 0 saturated carbocycles. The number of amides is 1. The molecule has 1 aliphatic heterocycles. The number of nitrogens with one attached hydrogen (secondary N) is 2. The summed E-state index contributed by atoms with van der Waals surface area (Å²) in [5.41, 5.74) is 0. The molecule has 0 unspecified atom stereocenters. The lowest BCUT2D eigenvalue weighted by atomic mass is 10.2.